The van der Waals surface area contributed by atoms with Crippen molar-refractivity contribution < 1.29 is 14.3 Å². The van der Waals surface area contributed by atoms with Crippen LogP contribution in [0.15, 0.2) is 46.8 Å². The lowest BCUT2D eigenvalue weighted by molar-refractivity contribution is -0.149. The van der Waals surface area contributed by atoms with Crippen LogP contribution >= 0.6 is 0 Å². The predicted octanol–water partition coefficient (Wildman–Crippen LogP) is 5.94. The summed E-state index contributed by atoms with van der Waals surface area (Å²) in [6.07, 6.45) is 8.59. The van der Waals surface area contributed by atoms with Gasteiger partial charge in [-0.05, 0) is 49.5 Å². The fourth-order valence-corrected chi connectivity index (χ4v) is 4.80. The lowest BCUT2D eigenvalue weighted by atomic mass is 9.76. The molecule has 1 saturated carbocycles. The van der Waals surface area contributed by atoms with Crippen LogP contribution in [0, 0.1) is 17.2 Å². The van der Waals surface area contributed by atoms with Crippen molar-refractivity contribution >= 4 is 5.97 Å². The fraction of sp³-hybridized carbons (Fsp3) is 0.538. The second-order valence-electron chi connectivity index (χ2n) is 8.38. The summed E-state index contributed by atoms with van der Waals surface area (Å²) in [5.74, 6) is 0.0304. The first-order chi connectivity index (χ1) is 14.5. The Kier molecular flexibility index (Phi) is 9.33. The van der Waals surface area contributed by atoms with Crippen molar-refractivity contribution in [3.63, 3.8) is 0 Å². The van der Waals surface area contributed by atoms with E-state index in [1.165, 1.54) is 51.2 Å². The van der Waals surface area contributed by atoms with Crippen LogP contribution in [0.2, 0.25) is 0 Å². The Labute approximate surface area is 187 Å². The third kappa shape index (κ3) is 5.98. The number of rotatable bonds is 6. The highest BCUT2D eigenvalue weighted by Gasteiger charge is 2.35. The van der Waals surface area contributed by atoms with Gasteiger partial charge < -0.3 is 14.8 Å². The Morgan fingerprint density at radius 2 is 1.87 bits per heavy atom. The number of carbonyl (C=O) groups excluding carboxylic acids is 1. The molecule has 5 heteroatoms. The van der Waals surface area contributed by atoms with E-state index in [9.17, 15) is 10.1 Å². The van der Waals surface area contributed by atoms with E-state index in [1.54, 1.807) is 6.07 Å². The Hall–Kier alpha value is -2.58. The molecule has 31 heavy (non-hydrogen) atoms. The van der Waals surface area contributed by atoms with Crippen LogP contribution in [0.25, 0.3) is 0 Å². The monoisotopic (exact) mass is 424 g/mol. The predicted molar refractivity (Wildman–Crippen MR) is 123 cm³/mol. The van der Waals surface area contributed by atoms with E-state index in [-0.39, 0.29) is 26.1 Å². The molecule has 2 aliphatic rings. The van der Waals surface area contributed by atoms with Crippen LogP contribution in [0.5, 0.6) is 0 Å². The zero-order valence-corrected chi connectivity index (χ0v) is 18.3. The van der Waals surface area contributed by atoms with Crippen LogP contribution in [-0.4, -0.2) is 19.9 Å². The molecule has 1 N–H and O–H groups in total. The number of nitrogens with zero attached hydrogens (tertiary/aromatic N) is 1. The minimum atomic E-state index is -0.375. The number of nitriles is 1. The van der Waals surface area contributed by atoms with E-state index < -0.39 is 0 Å². The van der Waals surface area contributed by atoms with E-state index in [0.29, 0.717) is 17.1 Å². The second kappa shape index (κ2) is 11.7. The van der Waals surface area contributed by atoms with Crippen LogP contribution in [0.1, 0.15) is 83.3 Å². The number of allylic oxidation sites excluding steroid dienone is 3. The van der Waals surface area contributed by atoms with Crippen molar-refractivity contribution in [2.24, 2.45) is 5.92 Å². The van der Waals surface area contributed by atoms with E-state index in [0.717, 1.165) is 23.4 Å². The molecule has 0 bridgehead atoms. The maximum atomic E-state index is 13.0. The third-order valence-corrected chi connectivity index (χ3v) is 6.26. The largest absolute Gasteiger partial charge is 0.435 e. The molecule has 168 valence electrons. The molecule has 1 aliphatic carbocycles. The smallest absolute Gasteiger partial charge is 0.338 e. The molecule has 3 rings (SSSR count). The Morgan fingerprint density at radius 1 is 1.16 bits per heavy atom. The highest BCUT2D eigenvalue weighted by molar-refractivity contribution is 5.92. The van der Waals surface area contributed by atoms with E-state index in [2.05, 4.69) is 18.3 Å². The maximum absolute atomic E-state index is 13.0. The van der Waals surface area contributed by atoms with Crippen LogP contribution < -0.4 is 5.32 Å². The number of esters is 1. The number of ether oxygens (including phenoxy) is 2. The van der Waals surface area contributed by atoms with Gasteiger partial charge in [0.25, 0.3) is 0 Å². The highest BCUT2D eigenvalue weighted by atomic mass is 16.7. The van der Waals surface area contributed by atoms with E-state index in [4.69, 9.17) is 9.47 Å². The van der Waals surface area contributed by atoms with Gasteiger partial charge in [0.05, 0.1) is 17.2 Å². The molecule has 0 radical (unpaired) electrons. The summed E-state index contributed by atoms with van der Waals surface area (Å²) in [5, 5.41) is 12.8. The Balaban J connectivity index is 0.00000341. The minimum absolute atomic E-state index is 0. The number of nitrogens with one attached hydrogen (secondary N) is 1. The fourth-order valence-electron chi connectivity index (χ4n) is 4.80. The molecule has 5 nitrogen and oxygen atoms in total. The van der Waals surface area contributed by atoms with Gasteiger partial charge in [0.1, 0.15) is 0 Å². The number of methoxy groups -OCH3 is 1. The van der Waals surface area contributed by atoms with Gasteiger partial charge >= 0.3 is 5.97 Å². The highest BCUT2D eigenvalue weighted by Crippen LogP contribution is 2.43. The van der Waals surface area contributed by atoms with Crippen molar-refractivity contribution in [2.45, 2.75) is 72.1 Å². The number of carbonyl (C=O) groups is 1. The molecule has 0 amide bonds. The van der Waals surface area contributed by atoms with Gasteiger partial charge in [-0.15, -0.1) is 0 Å². The van der Waals surface area contributed by atoms with Gasteiger partial charge in [-0.1, -0.05) is 58.1 Å². The Bertz CT molecular complexity index is 871. The summed E-state index contributed by atoms with van der Waals surface area (Å²) < 4.78 is 10.3. The number of dihydropyridines is 1. The second-order valence-corrected chi connectivity index (χ2v) is 8.38. The lowest BCUT2D eigenvalue weighted by Crippen LogP contribution is -2.30. The van der Waals surface area contributed by atoms with Crippen molar-refractivity contribution in [3.8, 4) is 6.07 Å². The van der Waals surface area contributed by atoms with Gasteiger partial charge in [0.15, 0.2) is 6.79 Å². The summed E-state index contributed by atoms with van der Waals surface area (Å²) in [5.41, 5.74) is 5.29. The number of hydrogen-bond donors (Lipinski definition) is 1. The molecular weight excluding hydrogens is 388 g/mol. The molecule has 1 aromatic rings. The topological polar surface area (TPSA) is 71.3 Å². The molecule has 1 heterocycles. The van der Waals surface area contributed by atoms with Crippen molar-refractivity contribution in [2.75, 3.05) is 13.9 Å². The zero-order valence-electron chi connectivity index (χ0n) is 18.3. The number of benzene rings is 1. The molecule has 0 saturated heterocycles. The first kappa shape index (κ1) is 24.7. The zero-order chi connectivity index (χ0) is 21.5. The standard InChI is InChI=1S/C25H32N2O3.CH4/c1-17-22(14-19-9-6-4-5-7-10-19)24(21-12-8-11-20(13-21)15-26)23(18(2)27-17)25(28)30-16-29-3;/h8,11-13,19,24,27H,4-7,9-10,14,16H2,1-3H3;1H4. The summed E-state index contributed by atoms with van der Waals surface area (Å²) in [6, 6.07) is 9.82. The molecule has 0 spiro atoms. The van der Waals surface area contributed by atoms with Crippen molar-refractivity contribution in [1.29, 1.82) is 5.26 Å². The summed E-state index contributed by atoms with van der Waals surface area (Å²) in [6.45, 7) is 3.92. The lowest BCUT2D eigenvalue weighted by Gasteiger charge is -2.33. The SMILES string of the molecule is C.COCOC(=O)C1=C(C)NC(C)=C(CC2CCCCCC2)C1c1cccc(C#N)c1. The molecule has 1 aromatic carbocycles. The third-order valence-electron chi connectivity index (χ3n) is 6.26. The molecule has 1 atom stereocenters. The van der Waals surface area contributed by atoms with Gasteiger partial charge in [-0.2, -0.15) is 5.26 Å². The Morgan fingerprint density at radius 3 is 2.52 bits per heavy atom. The average molecular weight is 425 g/mol. The van der Waals surface area contributed by atoms with E-state index >= 15 is 0 Å². The maximum Gasteiger partial charge on any atom is 0.338 e. The van der Waals surface area contributed by atoms with Crippen LogP contribution in [0.3, 0.4) is 0 Å². The normalized spacial score (nSPS) is 19.7. The molecule has 1 aliphatic heterocycles. The first-order valence-corrected chi connectivity index (χ1v) is 10.9. The first-order valence-electron chi connectivity index (χ1n) is 10.9. The van der Waals surface area contributed by atoms with Gasteiger partial charge in [-0.25, -0.2) is 4.79 Å². The number of hydrogen-bond acceptors (Lipinski definition) is 5. The van der Waals surface area contributed by atoms with Crippen LogP contribution in [-0.2, 0) is 14.3 Å². The average Bonchev–Trinajstić information content (AvgIpc) is 3.02. The van der Waals surface area contributed by atoms with E-state index in [1.807, 2.05) is 25.1 Å². The molecule has 1 unspecified atom stereocenters. The molecule has 1 fully saturated rings. The summed E-state index contributed by atoms with van der Waals surface area (Å²) >= 11 is 0. The van der Waals surface area contributed by atoms with Gasteiger partial charge in [0, 0.05) is 24.4 Å². The van der Waals surface area contributed by atoms with Crippen molar-refractivity contribution in [1.82, 2.24) is 5.32 Å². The van der Waals surface area contributed by atoms with Gasteiger partial charge in [-0.3, -0.25) is 0 Å². The van der Waals surface area contributed by atoms with Crippen LogP contribution in [0.4, 0.5) is 0 Å². The molecular formula is C26H36N2O3. The van der Waals surface area contributed by atoms with Crippen molar-refractivity contribution in [3.05, 3.63) is 57.9 Å². The van der Waals surface area contributed by atoms with Gasteiger partial charge in [0.2, 0.25) is 0 Å². The minimum Gasteiger partial charge on any atom is -0.435 e. The molecule has 0 aromatic heterocycles. The summed E-state index contributed by atoms with van der Waals surface area (Å²) in [7, 11) is 1.50. The summed E-state index contributed by atoms with van der Waals surface area (Å²) in [4.78, 5) is 13.0. The quantitative estimate of drug-likeness (QED) is 0.348.